The quantitative estimate of drug-likeness (QED) is 0.861. The molecule has 2 heterocycles. The standard InChI is InChI=1S/C15H26N4O2/c1-15(2,3)12-8-13(19(4)6-7-20-5)18-14(17-12)16-11-9-21-10-11/h8,11H,6-7,9-10H2,1-5H3,(H,16,17,18). The van der Waals surface area contributed by atoms with E-state index in [9.17, 15) is 0 Å². The van der Waals surface area contributed by atoms with Crippen molar-refractivity contribution in [1.29, 1.82) is 0 Å². The van der Waals surface area contributed by atoms with E-state index < -0.39 is 0 Å². The van der Waals surface area contributed by atoms with Gasteiger partial charge in [0.05, 0.1) is 31.6 Å². The summed E-state index contributed by atoms with van der Waals surface area (Å²) >= 11 is 0. The first-order valence-corrected chi connectivity index (χ1v) is 7.34. The molecule has 118 valence electrons. The molecule has 6 nitrogen and oxygen atoms in total. The molecule has 0 bridgehead atoms. The smallest absolute Gasteiger partial charge is 0.225 e. The van der Waals surface area contributed by atoms with Crippen molar-refractivity contribution in [2.24, 2.45) is 0 Å². The minimum Gasteiger partial charge on any atom is -0.383 e. The van der Waals surface area contributed by atoms with Crippen LogP contribution in [0.15, 0.2) is 6.07 Å². The van der Waals surface area contributed by atoms with Gasteiger partial charge in [0.25, 0.3) is 0 Å². The van der Waals surface area contributed by atoms with E-state index in [1.54, 1.807) is 7.11 Å². The van der Waals surface area contributed by atoms with E-state index in [0.29, 0.717) is 18.6 Å². The Hall–Kier alpha value is -1.40. The summed E-state index contributed by atoms with van der Waals surface area (Å²) in [6, 6.07) is 2.37. The lowest BCUT2D eigenvalue weighted by atomic mass is 9.92. The molecular weight excluding hydrogens is 268 g/mol. The topological polar surface area (TPSA) is 59.5 Å². The fraction of sp³-hybridized carbons (Fsp3) is 0.733. The molecule has 0 aliphatic carbocycles. The molecule has 1 fully saturated rings. The van der Waals surface area contributed by atoms with Gasteiger partial charge >= 0.3 is 0 Å². The summed E-state index contributed by atoms with van der Waals surface area (Å²) in [4.78, 5) is 11.4. The van der Waals surface area contributed by atoms with Gasteiger partial charge in [-0.05, 0) is 0 Å². The number of aromatic nitrogens is 2. The first-order chi connectivity index (χ1) is 9.90. The Kier molecular flexibility index (Phi) is 5.00. The zero-order valence-electron chi connectivity index (χ0n) is 13.6. The highest BCUT2D eigenvalue weighted by Gasteiger charge is 2.22. The van der Waals surface area contributed by atoms with Gasteiger partial charge in [0.2, 0.25) is 5.95 Å². The van der Waals surface area contributed by atoms with Gasteiger partial charge in [0.15, 0.2) is 0 Å². The van der Waals surface area contributed by atoms with E-state index >= 15 is 0 Å². The number of anilines is 2. The number of rotatable bonds is 6. The van der Waals surface area contributed by atoms with Crippen LogP contribution >= 0.6 is 0 Å². The van der Waals surface area contributed by atoms with Crippen molar-refractivity contribution < 1.29 is 9.47 Å². The maximum atomic E-state index is 5.19. The average molecular weight is 294 g/mol. The van der Waals surface area contributed by atoms with Gasteiger partial charge in [0.1, 0.15) is 5.82 Å². The zero-order valence-corrected chi connectivity index (χ0v) is 13.6. The summed E-state index contributed by atoms with van der Waals surface area (Å²) in [5.74, 6) is 1.59. The number of ether oxygens (including phenoxy) is 2. The largest absolute Gasteiger partial charge is 0.383 e. The van der Waals surface area contributed by atoms with Crippen molar-refractivity contribution in [3.8, 4) is 0 Å². The zero-order chi connectivity index (χ0) is 15.5. The van der Waals surface area contributed by atoms with Gasteiger partial charge in [-0.2, -0.15) is 4.98 Å². The van der Waals surface area contributed by atoms with Crippen LogP contribution in [0.5, 0.6) is 0 Å². The Bertz CT molecular complexity index is 469. The van der Waals surface area contributed by atoms with Crippen molar-refractivity contribution in [3.63, 3.8) is 0 Å². The van der Waals surface area contributed by atoms with Gasteiger partial charge in [0, 0.05) is 32.2 Å². The molecule has 0 saturated carbocycles. The number of hydrogen-bond acceptors (Lipinski definition) is 6. The lowest BCUT2D eigenvalue weighted by molar-refractivity contribution is 0.0207. The second-order valence-corrected chi connectivity index (χ2v) is 6.48. The van der Waals surface area contributed by atoms with E-state index in [-0.39, 0.29) is 5.41 Å². The second-order valence-electron chi connectivity index (χ2n) is 6.48. The normalized spacial score (nSPS) is 15.7. The Labute approximate surface area is 126 Å². The highest BCUT2D eigenvalue weighted by Crippen LogP contribution is 2.25. The van der Waals surface area contributed by atoms with E-state index in [1.807, 2.05) is 7.05 Å². The average Bonchev–Trinajstić information content (AvgIpc) is 2.39. The van der Waals surface area contributed by atoms with Crippen LogP contribution in [-0.4, -0.2) is 56.5 Å². The first-order valence-electron chi connectivity index (χ1n) is 7.34. The van der Waals surface area contributed by atoms with Crippen LogP contribution in [0.3, 0.4) is 0 Å². The van der Waals surface area contributed by atoms with Gasteiger partial charge in [-0.25, -0.2) is 4.98 Å². The fourth-order valence-electron chi connectivity index (χ4n) is 1.92. The Morgan fingerprint density at radius 2 is 2.10 bits per heavy atom. The molecule has 0 aromatic carbocycles. The Morgan fingerprint density at radius 1 is 1.38 bits per heavy atom. The highest BCUT2D eigenvalue weighted by molar-refractivity contribution is 5.46. The van der Waals surface area contributed by atoms with Crippen LogP contribution in [0, 0.1) is 0 Å². The summed E-state index contributed by atoms with van der Waals surface area (Å²) in [5.41, 5.74) is 1.01. The number of methoxy groups -OCH3 is 1. The third-order valence-corrected chi connectivity index (χ3v) is 3.47. The molecule has 0 radical (unpaired) electrons. The van der Waals surface area contributed by atoms with Crippen LogP contribution in [0.4, 0.5) is 11.8 Å². The molecule has 1 N–H and O–H groups in total. The van der Waals surface area contributed by atoms with Gasteiger partial charge in [-0.1, -0.05) is 20.8 Å². The third-order valence-electron chi connectivity index (χ3n) is 3.47. The molecule has 1 aromatic heterocycles. The van der Waals surface area contributed by atoms with Crippen molar-refractivity contribution in [2.45, 2.75) is 32.2 Å². The molecule has 0 amide bonds. The molecule has 0 atom stereocenters. The molecule has 0 spiro atoms. The molecule has 1 aliphatic rings. The summed E-state index contributed by atoms with van der Waals surface area (Å²) in [6.45, 7) is 9.38. The lowest BCUT2D eigenvalue weighted by Crippen LogP contribution is -2.41. The minimum atomic E-state index is -0.0215. The summed E-state index contributed by atoms with van der Waals surface area (Å²) in [5, 5.41) is 3.34. The third kappa shape index (κ3) is 4.28. The van der Waals surface area contributed by atoms with Crippen LogP contribution in [0.2, 0.25) is 0 Å². The van der Waals surface area contributed by atoms with Gasteiger partial charge < -0.3 is 19.7 Å². The van der Waals surface area contributed by atoms with Crippen molar-refractivity contribution in [2.75, 3.05) is 50.7 Å². The maximum absolute atomic E-state index is 5.19. The molecule has 21 heavy (non-hydrogen) atoms. The van der Waals surface area contributed by atoms with Crippen molar-refractivity contribution >= 4 is 11.8 Å². The van der Waals surface area contributed by atoms with Crippen LogP contribution in [0.1, 0.15) is 26.5 Å². The minimum absolute atomic E-state index is 0.0215. The summed E-state index contributed by atoms with van der Waals surface area (Å²) in [7, 11) is 3.72. The van der Waals surface area contributed by atoms with Gasteiger partial charge in [-0.15, -0.1) is 0 Å². The predicted molar refractivity (Wildman–Crippen MR) is 84.1 cm³/mol. The number of hydrogen-bond donors (Lipinski definition) is 1. The molecule has 6 heteroatoms. The number of nitrogens with zero attached hydrogens (tertiary/aromatic N) is 3. The van der Waals surface area contributed by atoms with Gasteiger partial charge in [-0.3, -0.25) is 0 Å². The van der Waals surface area contributed by atoms with Crippen molar-refractivity contribution in [3.05, 3.63) is 11.8 Å². The van der Waals surface area contributed by atoms with Crippen LogP contribution in [-0.2, 0) is 14.9 Å². The molecule has 1 saturated heterocycles. The molecular formula is C15H26N4O2. The number of nitrogens with one attached hydrogen (secondary N) is 1. The first kappa shape index (κ1) is 16.0. The van der Waals surface area contributed by atoms with Crippen molar-refractivity contribution in [1.82, 2.24) is 9.97 Å². The summed E-state index contributed by atoms with van der Waals surface area (Å²) < 4.78 is 10.3. The van der Waals surface area contributed by atoms with E-state index in [0.717, 1.165) is 31.3 Å². The summed E-state index contributed by atoms with van der Waals surface area (Å²) in [6.07, 6.45) is 0. The molecule has 2 rings (SSSR count). The Morgan fingerprint density at radius 3 is 2.62 bits per heavy atom. The number of likely N-dealkylation sites (N-methyl/N-ethyl adjacent to an activating group) is 1. The predicted octanol–water partition coefficient (Wildman–Crippen LogP) is 1.67. The lowest BCUT2D eigenvalue weighted by Gasteiger charge is -2.28. The maximum Gasteiger partial charge on any atom is 0.225 e. The van der Waals surface area contributed by atoms with E-state index in [1.165, 1.54) is 0 Å². The van der Waals surface area contributed by atoms with Crippen LogP contribution < -0.4 is 10.2 Å². The van der Waals surface area contributed by atoms with E-state index in [2.05, 4.69) is 47.0 Å². The molecule has 1 aliphatic heterocycles. The highest BCUT2D eigenvalue weighted by atomic mass is 16.5. The molecule has 0 unspecified atom stereocenters. The monoisotopic (exact) mass is 294 g/mol. The Balaban J connectivity index is 2.23. The SMILES string of the molecule is COCCN(C)c1cc(C(C)(C)C)nc(NC2COC2)n1. The second kappa shape index (κ2) is 6.58. The van der Waals surface area contributed by atoms with Crippen LogP contribution in [0.25, 0.3) is 0 Å². The molecule has 1 aromatic rings. The fourth-order valence-corrected chi connectivity index (χ4v) is 1.92. The van der Waals surface area contributed by atoms with E-state index in [4.69, 9.17) is 9.47 Å².